The van der Waals surface area contributed by atoms with E-state index >= 15 is 0 Å². The Labute approximate surface area is 75.2 Å². The molecule has 66 valence electrons. The largest absolute Gasteiger partial charge is 0.203 e. The average Bonchev–Trinajstić information content (AvgIpc) is 2.07. The monoisotopic (exact) mass is 190 g/mol. The summed E-state index contributed by atoms with van der Waals surface area (Å²) in [6, 6.07) is 3.12. The Kier molecular flexibility index (Phi) is 3.04. The summed E-state index contributed by atoms with van der Waals surface area (Å²) in [5, 5.41) is 0. The Balaban J connectivity index is 3.08. The van der Waals surface area contributed by atoms with E-state index in [1.54, 1.807) is 12.1 Å². The van der Waals surface area contributed by atoms with Crippen LogP contribution in [0.4, 0.5) is 8.78 Å². The first-order valence-electron chi connectivity index (χ1n) is 3.66. The summed E-state index contributed by atoms with van der Waals surface area (Å²) in [4.78, 5) is 0. The highest BCUT2D eigenvalue weighted by atomic mass is 35.5. The SMILES string of the molecule is Cc1ccc(CCCl)c(F)c1F. The summed E-state index contributed by atoms with van der Waals surface area (Å²) >= 11 is 5.41. The summed E-state index contributed by atoms with van der Waals surface area (Å²) in [5.74, 6) is -1.23. The van der Waals surface area contributed by atoms with Crippen molar-refractivity contribution >= 4 is 11.6 Å². The highest BCUT2D eigenvalue weighted by Crippen LogP contribution is 2.16. The van der Waals surface area contributed by atoms with Gasteiger partial charge in [0.1, 0.15) is 0 Å². The van der Waals surface area contributed by atoms with E-state index in [0.29, 0.717) is 23.4 Å². The molecular formula is C9H9ClF2. The van der Waals surface area contributed by atoms with Crippen LogP contribution in [-0.2, 0) is 6.42 Å². The molecule has 0 aliphatic heterocycles. The zero-order valence-electron chi connectivity index (χ0n) is 6.70. The maximum Gasteiger partial charge on any atom is 0.162 e. The summed E-state index contributed by atoms with van der Waals surface area (Å²) in [6.45, 7) is 1.53. The second-order valence-corrected chi connectivity index (χ2v) is 2.99. The lowest BCUT2D eigenvalue weighted by Crippen LogP contribution is -1.97. The van der Waals surface area contributed by atoms with E-state index in [9.17, 15) is 8.78 Å². The van der Waals surface area contributed by atoms with Gasteiger partial charge in [0.15, 0.2) is 11.6 Å². The average molecular weight is 191 g/mol. The maximum atomic E-state index is 13.0. The molecule has 0 N–H and O–H groups in total. The summed E-state index contributed by atoms with van der Waals surface area (Å²) in [5.41, 5.74) is 0.666. The van der Waals surface area contributed by atoms with Crippen LogP contribution in [0.3, 0.4) is 0 Å². The van der Waals surface area contributed by atoms with E-state index in [1.807, 2.05) is 0 Å². The molecule has 0 spiro atoms. The van der Waals surface area contributed by atoms with Crippen molar-refractivity contribution in [1.82, 2.24) is 0 Å². The molecule has 1 aromatic carbocycles. The molecule has 0 atom stereocenters. The van der Waals surface area contributed by atoms with Gasteiger partial charge < -0.3 is 0 Å². The molecule has 12 heavy (non-hydrogen) atoms. The van der Waals surface area contributed by atoms with Crippen LogP contribution in [0.2, 0.25) is 0 Å². The lowest BCUT2D eigenvalue weighted by molar-refractivity contribution is 0.494. The number of alkyl halides is 1. The van der Waals surface area contributed by atoms with Crippen molar-refractivity contribution in [2.24, 2.45) is 0 Å². The predicted molar refractivity (Wildman–Crippen MR) is 45.5 cm³/mol. The van der Waals surface area contributed by atoms with Crippen LogP contribution < -0.4 is 0 Å². The van der Waals surface area contributed by atoms with Crippen molar-refractivity contribution in [1.29, 1.82) is 0 Å². The molecule has 0 aromatic heterocycles. The summed E-state index contributed by atoms with van der Waals surface area (Å²) in [7, 11) is 0. The Morgan fingerprint density at radius 1 is 1.25 bits per heavy atom. The van der Waals surface area contributed by atoms with Crippen LogP contribution >= 0.6 is 11.6 Å². The van der Waals surface area contributed by atoms with E-state index in [1.165, 1.54) is 6.92 Å². The van der Waals surface area contributed by atoms with Gasteiger partial charge in [-0.25, -0.2) is 8.78 Å². The molecule has 0 heterocycles. The second-order valence-electron chi connectivity index (χ2n) is 2.61. The molecule has 0 nitrogen and oxygen atoms in total. The van der Waals surface area contributed by atoms with Gasteiger partial charge in [-0.1, -0.05) is 12.1 Å². The molecule has 1 rings (SSSR count). The molecule has 0 aliphatic rings. The van der Waals surface area contributed by atoms with E-state index in [0.717, 1.165) is 0 Å². The molecule has 0 fully saturated rings. The van der Waals surface area contributed by atoms with Gasteiger partial charge in [-0.15, -0.1) is 11.6 Å². The zero-order valence-corrected chi connectivity index (χ0v) is 7.46. The van der Waals surface area contributed by atoms with Gasteiger partial charge in [-0.05, 0) is 24.5 Å². The molecule has 0 radical (unpaired) electrons. The quantitative estimate of drug-likeness (QED) is 0.629. The first-order chi connectivity index (χ1) is 5.66. The Morgan fingerprint density at radius 2 is 1.92 bits per heavy atom. The Hall–Kier alpha value is -0.630. The second kappa shape index (κ2) is 3.85. The zero-order chi connectivity index (χ0) is 9.14. The maximum absolute atomic E-state index is 13.0. The standard InChI is InChI=1S/C9H9ClF2/c1-6-2-3-7(4-5-10)9(12)8(6)11/h2-3H,4-5H2,1H3. The van der Waals surface area contributed by atoms with Gasteiger partial charge in [0.2, 0.25) is 0 Å². The van der Waals surface area contributed by atoms with Gasteiger partial charge in [-0.2, -0.15) is 0 Å². The summed E-state index contributed by atoms with van der Waals surface area (Å²) in [6.07, 6.45) is 0.366. The number of benzene rings is 1. The van der Waals surface area contributed by atoms with E-state index in [-0.39, 0.29) is 0 Å². The smallest absolute Gasteiger partial charge is 0.162 e. The molecule has 0 saturated heterocycles. The lowest BCUT2D eigenvalue weighted by atomic mass is 10.1. The van der Waals surface area contributed by atoms with Crippen molar-refractivity contribution in [2.45, 2.75) is 13.3 Å². The molecular weight excluding hydrogens is 182 g/mol. The number of halogens is 3. The molecule has 1 aromatic rings. The molecule has 3 heteroatoms. The van der Waals surface area contributed by atoms with Crippen LogP contribution in [0.15, 0.2) is 12.1 Å². The highest BCUT2D eigenvalue weighted by molar-refractivity contribution is 6.17. The first kappa shape index (κ1) is 9.46. The molecule has 0 aliphatic carbocycles. The predicted octanol–water partition coefficient (Wildman–Crippen LogP) is 3.05. The van der Waals surface area contributed by atoms with Crippen LogP contribution in [0.25, 0.3) is 0 Å². The fourth-order valence-corrected chi connectivity index (χ4v) is 1.18. The Bertz CT molecular complexity index is 284. The normalized spacial score (nSPS) is 10.3. The van der Waals surface area contributed by atoms with Crippen LogP contribution in [0.5, 0.6) is 0 Å². The molecule has 0 amide bonds. The Morgan fingerprint density at radius 3 is 2.50 bits per heavy atom. The minimum absolute atomic E-state index is 0.305. The van der Waals surface area contributed by atoms with Crippen LogP contribution in [0, 0.1) is 18.6 Å². The van der Waals surface area contributed by atoms with E-state index < -0.39 is 11.6 Å². The topological polar surface area (TPSA) is 0 Å². The molecule has 0 unspecified atom stereocenters. The van der Waals surface area contributed by atoms with Gasteiger partial charge in [0, 0.05) is 5.88 Å². The van der Waals surface area contributed by atoms with Crippen molar-refractivity contribution in [3.8, 4) is 0 Å². The first-order valence-corrected chi connectivity index (χ1v) is 4.19. The fraction of sp³-hybridized carbons (Fsp3) is 0.333. The van der Waals surface area contributed by atoms with Gasteiger partial charge >= 0.3 is 0 Å². The van der Waals surface area contributed by atoms with Crippen molar-refractivity contribution in [3.63, 3.8) is 0 Å². The minimum atomic E-state index is -0.768. The fourth-order valence-electron chi connectivity index (χ4n) is 0.981. The van der Waals surface area contributed by atoms with E-state index in [2.05, 4.69) is 0 Å². The lowest BCUT2D eigenvalue weighted by Gasteiger charge is -2.03. The number of hydrogen-bond acceptors (Lipinski definition) is 0. The van der Waals surface area contributed by atoms with Crippen LogP contribution in [0.1, 0.15) is 11.1 Å². The van der Waals surface area contributed by atoms with Crippen molar-refractivity contribution in [2.75, 3.05) is 5.88 Å². The van der Waals surface area contributed by atoms with Gasteiger partial charge in [0.25, 0.3) is 0 Å². The van der Waals surface area contributed by atoms with Crippen molar-refractivity contribution < 1.29 is 8.78 Å². The van der Waals surface area contributed by atoms with Crippen LogP contribution in [-0.4, -0.2) is 5.88 Å². The van der Waals surface area contributed by atoms with Gasteiger partial charge in [-0.3, -0.25) is 0 Å². The number of hydrogen-bond donors (Lipinski definition) is 0. The van der Waals surface area contributed by atoms with Gasteiger partial charge in [0.05, 0.1) is 0 Å². The van der Waals surface area contributed by atoms with Crippen molar-refractivity contribution in [3.05, 3.63) is 34.9 Å². The highest BCUT2D eigenvalue weighted by Gasteiger charge is 2.09. The number of rotatable bonds is 2. The third-order valence-electron chi connectivity index (χ3n) is 1.72. The third-order valence-corrected chi connectivity index (χ3v) is 1.91. The minimum Gasteiger partial charge on any atom is -0.203 e. The van der Waals surface area contributed by atoms with E-state index in [4.69, 9.17) is 11.6 Å². The number of aryl methyl sites for hydroxylation is 2. The molecule has 0 bridgehead atoms. The summed E-state index contributed by atoms with van der Waals surface area (Å²) < 4.78 is 25.9. The third kappa shape index (κ3) is 1.75. The molecule has 0 saturated carbocycles.